The van der Waals surface area contributed by atoms with Crippen molar-refractivity contribution in [2.45, 2.75) is 25.5 Å². The number of aryl methyl sites for hydroxylation is 1. The lowest BCUT2D eigenvalue weighted by molar-refractivity contribution is -0.120. The van der Waals surface area contributed by atoms with E-state index in [9.17, 15) is 22.0 Å². The van der Waals surface area contributed by atoms with Crippen LogP contribution in [-0.4, -0.2) is 31.7 Å². The van der Waals surface area contributed by atoms with Crippen molar-refractivity contribution in [2.75, 3.05) is 18.4 Å². The molecule has 150 valence electrons. The Kier molecular flexibility index (Phi) is 6.10. The van der Waals surface area contributed by atoms with Gasteiger partial charge in [-0.15, -0.1) is 0 Å². The van der Waals surface area contributed by atoms with Crippen LogP contribution in [0.1, 0.15) is 24.0 Å². The molecule has 1 fully saturated rings. The second-order valence-electron chi connectivity index (χ2n) is 6.97. The zero-order valence-electron chi connectivity index (χ0n) is 15.5. The van der Waals surface area contributed by atoms with Gasteiger partial charge < -0.3 is 5.32 Å². The van der Waals surface area contributed by atoms with Gasteiger partial charge in [0.2, 0.25) is 15.9 Å². The standard InChI is InChI=1S/C20H22F2N2O3S/c1-14-4-2-3-5-16(14)13-28(26,27)24-10-8-15(9-11-24)20(25)23-17-6-7-18(21)19(22)12-17/h2-7,12,15H,8-11,13H2,1H3,(H,23,25). The van der Waals surface area contributed by atoms with Crippen molar-refractivity contribution < 1.29 is 22.0 Å². The molecule has 5 nitrogen and oxygen atoms in total. The molecule has 0 spiro atoms. The van der Waals surface area contributed by atoms with Crippen LogP contribution in [0.25, 0.3) is 0 Å². The molecule has 1 amide bonds. The summed E-state index contributed by atoms with van der Waals surface area (Å²) in [6.07, 6.45) is 0.755. The van der Waals surface area contributed by atoms with Crippen LogP contribution in [0.4, 0.5) is 14.5 Å². The van der Waals surface area contributed by atoms with Crippen LogP contribution in [0.2, 0.25) is 0 Å². The largest absolute Gasteiger partial charge is 0.326 e. The smallest absolute Gasteiger partial charge is 0.227 e. The van der Waals surface area contributed by atoms with Crippen LogP contribution >= 0.6 is 0 Å². The zero-order valence-corrected chi connectivity index (χ0v) is 16.3. The number of hydrogen-bond donors (Lipinski definition) is 1. The molecule has 0 aliphatic carbocycles. The number of hydrogen-bond acceptors (Lipinski definition) is 3. The van der Waals surface area contributed by atoms with E-state index >= 15 is 0 Å². The van der Waals surface area contributed by atoms with E-state index in [1.165, 1.54) is 10.4 Å². The van der Waals surface area contributed by atoms with E-state index in [-0.39, 0.29) is 36.4 Å². The number of piperidine rings is 1. The molecule has 1 aliphatic rings. The van der Waals surface area contributed by atoms with Gasteiger partial charge in [-0.2, -0.15) is 0 Å². The van der Waals surface area contributed by atoms with E-state index in [1.807, 2.05) is 25.1 Å². The molecule has 1 N–H and O–H groups in total. The second-order valence-corrected chi connectivity index (χ2v) is 8.94. The SMILES string of the molecule is Cc1ccccc1CS(=O)(=O)N1CCC(C(=O)Nc2ccc(F)c(F)c2)CC1. The number of nitrogens with one attached hydrogen (secondary N) is 1. The summed E-state index contributed by atoms with van der Waals surface area (Å²) in [7, 11) is -3.47. The summed E-state index contributed by atoms with van der Waals surface area (Å²) in [6, 6.07) is 10.5. The molecule has 2 aromatic carbocycles. The fourth-order valence-corrected chi connectivity index (χ4v) is 4.94. The molecule has 28 heavy (non-hydrogen) atoms. The maximum absolute atomic E-state index is 13.3. The average Bonchev–Trinajstić information content (AvgIpc) is 2.66. The van der Waals surface area contributed by atoms with Gasteiger partial charge >= 0.3 is 0 Å². The van der Waals surface area contributed by atoms with E-state index in [4.69, 9.17) is 0 Å². The van der Waals surface area contributed by atoms with Crippen LogP contribution in [0, 0.1) is 24.5 Å². The molecule has 0 aromatic heterocycles. The number of benzene rings is 2. The van der Waals surface area contributed by atoms with Crippen LogP contribution in [0.15, 0.2) is 42.5 Å². The third-order valence-electron chi connectivity index (χ3n) is 5.00. The number of carbonyl (C=O) groups is 1. The fourth-order valence-electron chi connectivity index (χ4n) is 3.27. The molecule has 3 rings (SSSR count). The van der Waals surface area contributed by atoms with Crippen LogP contribution in [0.3, 0.4) is 0 Å². The summed E-state index contributed by atoms with van der Waals surface area (Å²) in [5.74, 6) is -2.77. The molecule has 2 aromatic rings. The summed E-state index contributed by atoms with van der Waals surface area (Å²) in [6.45, 7) is 2.38. The molecule has 1 heterocycles. The van der Waals surface area contributed by atoms with Crippen molar-refractivity contribution in [3.05, 3.63) is 65.2 Å². The highest BCUT2D eigenvalue weighted by atomic mass is 32.2. The molecule has 0 atom stereocenters. The number of rotatable bonds is 5. The minimum absolute atomic E-state index is 0.0641. The Morgan fingerprint density at radius 3 is 2.43 bits per heavy atom. The normalized spacial score (nSPS) is 16.1. The molecule has 1 aliphatic heterocycles. The predicted molar refractivity (Wildman–Crippen MR) is 103 cm³/mol. The van der Waals surface area contributed by atoms with Gasteiger partial charge in [-0.3, -0.25) is 4.79 Å². The summed E-state index contributed by atoms with van der Waals surface area (Å²) in [5, 5.41) is 2.57. The average molecular weight is 408 g/mol. The van der Waals surface area contributed by atoms with Crippen LogP contribution in [0.5, 0.6) is 0 Å². The van der Waals surface area contributed by atoms with Crippen molar-refractivity contribution in [1.29, 1.82) is 0 Å². The van der Waals surface area contributed by atoms with Gasteiger partial charge in [0, 0.05) is 30.8 Å². The molecule has 0 bridgehead atoms. The molecule has 0 saturated carbocycles. The van der Waals surface area contributed by atoms with Crippen molar-refractivity contribution in [1.82, 2.24) is 4.31 Å². The Hall–Kier alpha value is -2.32. The van der Waals surface area contributed by atoms with E-state index in [0.717, 1.165) is 23.3 Å². The minimum atomic E-state index is -3.47. The number of amides is 1. The first-order valence-corrected chi connectivity index (χ1v) is 10.7. The van der Waals surface area contributed by atoms with Crippen molar-refractivity contribution >= 4 is 21.6 Å². The third kappa shape index (κ3) is 4.74. The van der Waals surface area contributed by atoms with Gasteiger partial charge in [-0.25, -0.2) is 21.5 Å². The monoisotopic (exact) mass is 408 g/mol. The molecule has 1 saturated heterocycles. The quantitative estimate of drug-likeness (QED) is 0.824. The molecule has 0 radical (unpaired) electrons. The summed E-state index contributed by atoms with van der Waals surface area (Å²) in [4.78, 5) is 12.4. The first-order valence-electron chi connectivity index (χ1n) is 9.04. The van der Waals surface area contributed by atoms with Crippen LogP contribution in [-0.2, 0) is 20.6 Å². The van der Waals surface area contributed by atoms with Crippen molar-refractivity contribution in [3.63, 3.8) is 0 Å². The Bertz CT molecular complexity index is 971. The van der Waals surface area contributed by atoms with E-state index in [1.54, 1.807) is 6.07 Å². The lowest BCUT2D eigenvalue weighted by Gasteiger charge is -2.30. The molecular formula is C20H22F2N2O3S. The topological polar surface area (TPSA) is 66.5 Å². The molecule has 0 unspecified atom stereocenters. The van der Waals surface area contributed by atoms with Crippen molar-refractivity contribution in [2.24, 2.45) is 5.92 Å². The number of sulfonamides is 1. The number of anilines is 1. The third-order valence-corrected chi connectivity index (χ3v) is 6.83. The maximum Gasteiger partial charge on any atom is 0.227 e. The Morgan fingerprint density at radius 2 is 1.79 bits per heavy atom. The van der Waals surface area contributed by atoms with Crippen molar-refractivity contribution in [3.8, 4) is 0 Å². The second kappa shape index (κ2) is 8.36. The Morgan fingerprint density at radius 1 is 1.11 bits per heavy atom. The number of halogens is 2. The summed E-state index contributed by atoms with van der Waals surface area (Å²) < 4.78 is 53.0. The fraction of sp³-hybridized carbons (Fsp3) is 0.350. The highest BCUT2D eigenvalue weighted by molar-refractivity contribution is 7.88. The highest BCUT2D eigenvalue weighted by Gasteiger charge is 2.31. The van der Waals surface area contributed by atoms with E-state index in [0.29, 0.717) is 12.8 Å². The number of carbonyl (C=O) groups excluding carboxylic acids is 1. The van der Waals surface area contributed by atoms with E-state index in [2.05, 4.69) is 5.32 Å². The number of nitrogens with zero attached hydrogens (tertiary/aromatic N) is 1. The van der Waals surface area contributed by atoms with Gasteiger partial charge in [0.25, 0.3) is 0 Å². The minimum Gasteiger partial charge on any atom is -0.326 e. The van der Waals surface area contributed by atoms with Gasteiger partial charge in [-0.05, 0) is 43.0 Å². The Balaban J connectivity index is 1.58. The lowest BCUT2D eigenvalue weighted by Crippen LogP contribution is -2.42. The summed E-state index contributed by atoms with van der Waals surface area (Å²) in [5.41, 5.74) is 1.87. The van der Waals surface area contributed by atoms with Gasteiger partial charge in [0.1, 0.15) is 0 Å². The van der Waals surface area contributed by atoms with Gasteiger partial charge in [0.05, 0.1) is 5.75 Å². The highest BCUT2D eigenvalue weighted by Crippen LogP contribution is 2.24. The summed E-state index contributed by atoms with van der Waals surface area (Å²) >= 11 is 0. The van der Waals surface area contributed by atoms with Crippen LogP contribution < -0.4 is 5.32 Å². The lowest BCUT2D eigenvalue weighted by atomic mass is 9.97. The molecular weight excluding hydrogens is 386 g/mol. The molecule has 8 heteroatoms. The van der Waals surface area contributed by atoms with Gasteiger partial charge in [-0.1, -0.05) is 24.3 Å². The zero-order chi connectivity index (χ0) is 20.3. The predicted octanol–water partition coefficient (Wildman–Crippen LogP) is 3.45. The maximum atomic E-state index is 13.3. The first kappa shape index (κ1) is 20.4. The van der Waals surface area contributed by atoms with E-state index < -0.39 is 21.7 Å². The first-order chi connectivity index (χ1) is 13.3. The Labute approximate surface area is 163 Å². The van der Waals surface area contributed by atoms with Gasteiger partial charge in [0.15, 0.2) is 11.6 Å².